The van der Waals surface area contributed by atoms with Crippen molar-refractivity contribution >= 4 is 15.7 Å². The van der Waals surface area contributed by atoms with Crippen LogP contribution in [0.25, 0.3) is 0 Å². The van der Waals surface area contributed by atoms with Gasteiger partial charge in [-0.1, -0.05) is 6.07 Å². The summed E-state index contributed by atoms with van der Waals surface area (Å²) >= 11 is 0. The number of rotatable bonds is 3. The van der Waals surface area contributed by atoms with Crippen LogP contribution in [0.2, 0.25) is 0 Å². The summed E-state index contributed by atoms with van der Waals surface area (Å²) in [4.78, 5) is 0.0219. The van der Waals surface area contributed by atoms with Gasteiger partial charge in [-0.15, -0.1) is 0 Å². The Bertz CT molecular complexity index is 807. The standard InChI is InChI=1S/C14H12F2N2O2S/c15-11-2-4-13(16)14(6-11)18-21(19,20)12-3-1-9-7-17-8-10(9)5-12/h1-6,17-18H,7-8H2. The smallest absolute Gasteiger partial charge is 0.261 e. The maximum absolute atomic E-state index is 13.5. The zero-order valence-corrected chi connectivity index (χ0v) is 11.7. The van der Waals surface area contributed by atoms with Gasteiger partial charge < -0.3 is 5.32 Å². The van der Waals surface area contributed by atoms with Crippen LogP contribution < -0.4 is 10.0 Å². The molecule has 2 aromatic carbocycles. The zero-order chi connectivity index (χ0) is 15.0. The first-order valence-corrected chi connectivity index (χ1v) is 7.74. The molecule has 0 saturated heterocycles. The van der Waals surface area contributed by atoms with Crippen LogP contribution in [0.1, 0.15) is 11.1 Å². The van der Waals surface area contributed by atoms with Gasteiger partial charge in [0.05, 0.1) is 10.6 Å². The van der Waals surface area contributed by atoms with Gasteiger partial charge >= 0.3 is 0 Å². The van der Waals surface area contributed by atoms with Crippen molar-refractivity contribution in [3.8, 4) is 0 Å². The number of nitrogens with one attached hydrogen (secondary N) is 2. The second-order valence-corrected chi connectivity index (χ2v) is 6.45. The molecule has 0 fully saturated rings. The number of fused-ring (bicyclic) bond motifs is 1. The van der Waals surface area contributed by atoms with Gasteiger partial charge in [-0.25, -0.2) is 17.2 Å². The number of anilines is 1. The van der Waals surface area contributed by atoms with Crippen LogP contribution in [-0.4, -0.2) is 8.42 Å². The van der Waals surface area contributed by atoms with Gasteiger partial charge in [0, 0.05) is 19.2 Å². The molecule has 0 radical (unpaired) electrons. The molecular formula is C14H12F2N2O2S. The van der Waals surface area contributed by atoms with E-state index in [9.17, 15) is 17.2 Å². The number of halogens is 2. The summed E-state index contributed by atoms with van der Waals surface area (Å²) in [6, 6.07) is 7.31. The quantitative estimate of drug-likeness (QED) is 0.915. The normalized spacial score (nSPS) is 14.0. The van der Waals surface area contributed by atoms with Gasteiger partial charge in [0.15, 0.2) is 0 Å². The minimum atomic E-state index is -3.96. The lowest BCUT2D eigenvalue weighted by molar-refractivity contribution is 0.594. The van der Waals surface area contributed by atoms with Gasteiger partial charge in [0.2, 0.25) is 0 Å². The molecule has 0 unspecified atom stereocenters. The molecule has 0 aromatic heterocycles. The first-order valence-electron chi connectivity index (χ1n) is 6.26. The van der Waals surface area contributed by atoms with E-state index in [4.69, 9.17) is 0 Å². The highest BCUT2D eigenvalue weighted by Gasteiger charge is 2.19. The third kappa shape index (κ3) is 2.74. The van der Waals surface area contributed by atoms with E-state index >= 15 is 0 Å². The summed E-state index contributed by atoms with van der Waals surface area (Å²) in [6.45, 7) is 1.29. The van der Waals surface area contributed by atoms with E-state index in [1.54, 1.807) is 6.07 Å². The Hall–Kier alpha value is -1.99. The molecule has 110 valence electrons. The van der Waals surface area contributed by atoms with Crippen molar-refractivity contribution in [1.82, 2.24) is 5.32 Å². The molecule has 0 spiro atoms. The molecule has 1 heterocycles. The van der Waals surface area contributed by atoms with Crippen LogP contribution in [-0.2, 0) is 23.1 Å². The first-order chi connectivity index (χ1) is 9.95. The summed E-state index contributed by atoms with van der Waals surface area (Å²) in [6.07, 6.45) is 0. The maximum atomic E-state index is 13.5. The van der Waals surface area contributed by atoms with Crippen LogP contribution in [0.4, 0.5) is 14.5 Å². The topological polar surface area (TPSA) is 58.2 Å². The van der Waals surface area contributed by atoms with Crippen molar-refractivity contribution in [2.24, 2.45) is 0 Å². The van der Waals surface area contributed by atoms with E-state index in [2.05, 4.69) is 10.0 Å². The Labute approximate surface area is 120 Å². The van der Waals surface area contributed by atoms with Crippen molar-refractivity contribution in [2.75, 3.05) is 4.72 Å². The monoisotopic (exact) mass is 310 g/mol. The molecule has 0 atom stereocenters. The molecule has 4 nitrogen and oxygen atoms in total. The van der Waals surface area contributed by atoms with Gasteiger partial charge in [-0.2, -0.15) is 0 Å². The fraction of sp³-hybridized carbons (Fsp3) is 0.143. The van der Waals surface area contributed by atoms with Crippen LogP contribution >= 0.6 is 0 Å². The molecular weight excluding hydrogens is 298 g/mol. The predicted molar refractivity (Wildman–Crippen MR) is 74.2 cm³/mol. The molecule has 0 aliphatic carbocycles. The summed E-state index contributed by atoms with van der Waals surface area (Å²) in [5.41, 5.74) is 1.51. The third-order valence-corrected chi connectivity index (χ3v) is 4.65. The minimum absolute atomic E-state index is 0.0219. The van der Waals surface area contributed by atoms with E-state index in [1.165, 1.54) is 12.1 Å². The number of sulfonamides is 1. The Balaban J connectivity index is 1.95. The van der Waals surface area contributed by atoms with Gasteiger partial charge in [-0.05, 0) is 35.4 Å². The minimum Gasteiger partial charge on any atom is -0.309 e. The van der Waals surface area contributed by atoms with Crippen molar-refractivity contribution in [2.45, 2.75) is 18.0 Å². The molecule has 0 saturated carbocycles. The summed E-state index contributed by atoms with van der Waals surface area (Å²) in [7, 11) is -3.96. The molecule has 3 rings (SSSR count). The Morgan fingerprint density at radius 2 is 1.76 bits per heavy atom. The van der Waals surface area contributed by atoms with E-state index in [-0.39, 0.29) is 4.90 Å². The molecule has 1 aliphatic rings. The lowest BCUT2D eigenvalue weighted by Crippen LogP contribution is -2.14. The fourth-order valence-electron chi connectivity index (χ4n) is 2.22. The van der Waals surface area contributed by atoms with Crippen molar-refractivity contribution in [3.05, 3.63) is 59.2 Å². The zero-order valence-electron chi connectivity index (χ0n) is 10.9. The molecule has 0 bridgehead atoms. The molecule has 0 amide bonds. The Morgan fingerprint density at radius 1 is 1.00 bits per heavy atom. The van der Waals surface area contributed by atoms with Crippen molar-refractivity contribution in [1.29, 1.82) is 0 Å². The Kier molecular flexibility index (Phi) is 3.38. The van der Waals surface area contributed by atoms with Crippen LogP contribution in [0.3, 0.4) is 0 Å². The highest BCUT2D eigenvalue weighted by atomic mass is 32.2. The molecule has 1 aliphatic heterocycles. The maximum Gasteiger partial charge on any atom is 0.261 e. The molecule has 2 N–H and O–H groups in total. The largest absolute Gasteiger partial charge is 0.309 e. The van der Waals surface area contributed by atoms with E-state index in [0.29, 0.717) is 13.1 Å². The summed E-state index contributed by atoms with van der Waals surface area (Å²) < 4.78 is 53.2. The SMILES string of the molecule is O=S(=O)(Nc1cc(F)ccc1F)c1ccc2c(c1)CNC2. The van der Waals surface area contributed by atoms with Gasteiger partial charge in [0.1, 0.15) is 11.6 Å². The average molecular weight is 310 g/mol. The molecule has 7 heteroatoms. The molecule has 21 heavy (non-hydrogen) atoms. The lowest BCUT2D eigenvalue weighted by atomic mass is 10.1. The van der Waals surface area contributed by atoms with E-state index in [0.717, 1.165) is 29.3 Å². The van der Waals surface area contributed by atoms with Crippen molar-refractivity contribution < 1.29 is 17.2 Å². The first kappa shape index (κ1) is 14.0. The number of benzene rings is 2. The number of hydrogen-bond donors (Lipinski definition) is 2. The second kappa shape index (κ2) is 5.09. The summed E-state index contributed by atoms with van der Waals surface area (Å²) in [5.74, 6) is -1.55. The third-order valence-electron chi connectivity index (χ3n) is 3.29. The highest BCUT2D eigenvalue weighted by Crippen LogP contribution is 2.23. The van der Waals surface area contributed by atoms with Gasteiger partial charge in [-0.3, -0.25) is 4.72 Å². The van der Waals surface area contributed by atoms with Crippen LogP contribution in [0.5, 0.6) is 0 Å². The fourth-order valence-corrected chi connectivity index (χ4v) is 3.33. The predicted octanol–water partition coefficient (Wildman–Crippen LogP) is 2.37. The summed E-state index contributed by atoms with van der Waals surface area (Å²) in [5, 5.41) is 3.11. The highest BCUT2D eigenvalue weighted by molar-refractivity contribution is 7.92. The van der Waals surface area contributed by atoms with Crippen molar-refractivity contribution in [3.63, 3.8) is 0 Å². The van der Waals surface area contributed by atoms with Crippen LogP contribution in [0, 0.1) is 11.6 Å². The van der Waals surface area contributed by atoms with E-state index < -0.39 is 27.3 Å². The lowest BCUT2D eigenvalue weighted by Gasteiger charge is -2.10. The number of hydrogen-bond acceptors (Lipinski definition) is 3. The van der Waals surface area contributed by atoms with Gasteiger partial charge in [0.25, 0.3) is 10.0 Å². The second-order valence-electron chi connectivity index (χ2n) is 4.76. The molecule has 2 aromatic rings. The van der Waals surface area contributed by atoms with E-state index in [1.807, 2.05) is 0 Å². The van der Waals surface area contributed by atoms with Crippen LogP contribution in [0.15, 0.2) is 41.3 Å². The average Bonchev–Trinajstić information content (AvgIpc) is 2.90. The Morgan fingerprint density at radius 3 is 2.57 bits per heavy atom.